The van der Waals surface area contributed by atoms with Crippen molar-refractivity contribution in [1.29, 1.82) is 0 Å². The van der Waals surface area contributed by atoms with Crippen LogP contribution >= 0.6 is 0 Å². The predicted molar refractivity (Wildman–Crippen MR) is 65.6 cm³/mol. The molecule has 1 aromatic rings. The highest BCUT2D eigenvalue weighted by Crippen LogP contribution is 2.17. The van der Waals surface area contributed by atoms with E-state index >= 15 is 0 Å². The fraction of sp³-hybridized carbons (Fsp3) is 0.500. The summed E-state index contributed by atoms with van der Waals surface area (Å²) in [6, 6.07) is 3.47. The second-order valence-corrected chi connectivity index (χ2v) is 4.86. The second-order valence-electron chi connectivity index (χ2n) is 4.86. The predicted octanol–water partition coefficient (Wildman–Crippen LogP) is 3.02. The number of halogens is 2. The van der Waals surface area contributed by atoms with Gasteiger partial charge in [0.25, 0.3) is 0 Å². The van der Waals surface area contributed by atoms with E-state index < -0.39 is 11.6 Å². The van der Waals surface area contributed by atoms with E-state index in [2.05, 4.69) is 11.8 Å². The maximum absolute atomic E-state index is 13.0. The van der Waals surface area contributed by atoms with E-state index in [-0.39, 0.29) is 11.3 Å². The molecule has 0 aromatic heterocycles. The Balaban J connectivity index is 1.95. The number of Topliss-reactive ketones (excluding diaryl/α,β-unsaturated/α-hetero) is 1. The van der Waals surface area contributed by atoms with Gasteiger partial charge in [0.2, 0.25) is 0 Å². The van der Waals surface area contributed by atoms with Crippen LogP contribution in [0.5, 0.6) is 0 Å². The van der Waals surface area contributed by atoms with Crippen molar-refractivity contribution in [3.63, 3.8) is 0 Å². The third-order valence-electron chi connectivity index (χ3n) is 3.50. The Hall–Kier alpha value is -1.29. The molecule has 0 bridgehead atoms. The van der Waals surface area contributed by atoms with Gasteiger partial charge in [0.1, 0.15) is 11.6 Å². The number of hydrogen-bond acceptors (Lipinski definition) is 2. The molecule has 1 aromatic carbocycles. The van der Waals surface area contributed by atoms with Crippen molar-refractivity contribution in [1.82, 2.24) is 4.90 Å². The van der Waals surface area contributed by atoms with Crippen molar-refractivity contribution < 1.29 is 13.6 Å². The van der Waals surface area contributed by atoms with E-state index in [0.717, 1.165) is 37.6 Å². The summed E-state index contributed by atoms with van der Waals surface area (Å²) in [5.41, 5.74) is 0.124. The highest BCUT2D eigenvalue weighted by atomic mass is 19.1. The van der Waals surface area contributed by atoms with Gasteiger partial charge in [-0.3, -0.25) is 4.79 Å². The van der Waals surface area contributed by atoms with Crippen molar-refractivity contribution in [3.05, 3.63) is 35.4 Å². The smallest absolute Gasteiger partial charge is 0.164 e. The minimum Gasteiger partial charge on any atom is -0.300 e. The van der Waals surface area contributed by atoms with E-state index in [4.69, 9.17) is 0 Å². The first-order chi connectivity index (χ1) is 8.56. The standard InChI is InChI=1S/C14H17F2NO/c1-10-3-2-5-17(10)6-4-14(18)11-7-12(15)9-13(16)8-11/h7-10H,2-6H2,1H3. The summed E-state index contributed by atoms with van der Waals surface area (Å²) >= 11 is 0. The lowest BCUT2D eigenvalue weighted by atomic mass is 10.1. The zero-order chi connectivity index (χ0) is 13.1. The molecule has 1 heterocycles. The summed E-state index contributed by atoms with van der Waals surface area (Å²) in [7, 11) is 0. The third-order valence-corrected chi connectivity index (χ3v) is 3.50. The Labute approximate surface area is 106 Å². The van der Waals surface area contributed by atoms with E-state index in [1.807, 2.05) is 0 Å². The number of nitrogens with zero attached hydrogens (tertiary/aromatic N) is 1. The minimum absolute atomic E-state index is 0.124. The second kappa shape index (κ2) is 5.57. The minimum atomic E-state index is -0.701. The largest absolute Gasteiger partial charge is 0.300 e. The lowest BCUT2D eigenvalue weighted by molar-refractivity contribution is 0.0962. The van der Waals surface area contributed by atoms with Gasteiger partial charge in [-0.15, -0.1) is 0 Å². The number of carbonyl (C=O) groups is 1. The quantitative estimate of drug-likeness (QED) is 0.769. The maximum Gasteiger partial charge on any atom is 0.164 e. The van der Waals surface area contributed by atoms with Crippen LogP contribution in [-0.4, -0.2) is 29.8 Å². The maximum atomic E-state index is 13.0. The molecule has 1 aliphatic heterocycles. The Morgan fingerprint density at radius 1 is 1.33 bits per heavy atom. The zero-order valence-electron chi connectivity index (χ0n) is 10.5. The van der Waals surface area contributed by atoms with Gasteiger partial charge in [-0.25, -0.2) is 8.78 Å². The van der Waals surface area contributed by atoms with Crippen LogP contribution in [0.15, 0.2) is 18.2 Å². The van der Waals surface area contributed by atoms with Gasteiger partial charge in [-0.05, 0) is 38.4 Å². The summed E-state index contributed by atoms with van der Waals surface area (Å²) in [5.74, 6) is -1.60. The van der Waals surface area contributed by atoms with Crippen molar-refractivity contribution >= 4 is 5.78 Å². The third kappa shape index (κ3) is 3.13. The van der Waals surface area contributed by atoms with Crippen LogP contribution < -0.4 is 0 Å². The van der Waals surface area contributed by atoms with E-state index in [1.54, 1.807) is 0 Å². The van der Waals surface area contributed by atoms with Crippen LogP contribution in [0.3, 0.4) is 0 Å². The Morgan fingerprint density at radius 2 is 2.00 bits per heavy atom. The lowest BCUT2D eigenvalue weighted by Gasteiger charge is -2.20. The van der Waals surface area contributed by atoms with Gasteiger partial charge in [0.05, 0.1) is 0 Å². The SMILES string of the molecule is CC1CCCN1CCC(=O)c1cc(F)cc(F)c1. The lowest BCUT2D eigenvalue weighted by Crippen LogP contribution is -2.29. The number of ketones is 1. The van der Waals surface area contributed by atoms with Crippen LogP contribution in [-0.2, 0) is 0 Å². The fourth-order valence-corrected chi connectivity index (χ4v) is 2.43. The van der Waals surface area contributed by atoms with Gasteiger partial charge in [-0.1, -0.05) is 0 Å². The first-order valence-electron chi connectivity index (χ1n) is 6.29. The topological polar surface area (TPSA) is 20.3 Å². The molecular formula is C14H17F2NO. The number of rotatable bonds is 4. The molecule has 1 fully saturated rings. The molecule has 0 radical (unpaired) electrons. The van der Waals surface area contributed by atoms with E-state index in [9.17, 15) is 13.6 Å². The summed E-state index contributed by atoms with van der Waals surface area (Å²) < 4.78 is 26.0. The molecule has 1 saturated heterocycles. The van der Waals surface area contributed by atoms with Gasteiger partial charge in [0, 0.05) is 30.6 Å². The highest BCUT2D eigenvalue weighted by Gasteiger charge is 2.20. The molecule has 4 heteroatoms. The van der Waals surface area contributed by atoms with Crippen molar-refractivity contribution in [2.24, 2.45) is 0 Å². The first-order valence-corrected chi connectivity index (χ1v) is 6.29. The van der Waals surface area contributed by atoms with Gasteiger partial charge < -0.3 is 4.90 Å². The summed E-state index contributed by atoms with van der Waals surface area (Å²) in [5, 5.41) is 0. The highest BCUT2D eigenvalue weighted by molar-refractivity contribution is 5.96. The van der Waals surface area contributed by atoms with Crippen LogP contribution in [0.25, 0.3) is 0 Å². The number of likely N-dealkylation sites (tertiary alicyclic amines) is 1. The van der Waals surface area contributed by atoms with Crippen LogP contribution in [0.4, 0.5) is 8.78 Å². The molecular weight excluding hydrogens is 236 g/mol. The van der Waals surface area contributed by atoms with Crippen molar-refractivity contribution in [2.45, 2.75) is 32.2 Å². The molecule has 0 N–H and O–H groups in total. The molecule has 0 aliphatic carbocycles. The average Bonchev–Trinajstić information content (AvgIpc) is 2.70. The first kappa shape index (κ1) is 13.1. The summed E-state index contributed by atoms with van der Waals surface area (Å²) in [6.45, 7) is 3.81. The molecule has 1 atom stereocenters. The Bertz CT molecular complexity index is 427. The Kier molecular flexibility index (Phi) is 4.07. The van der Waals surface area contributed by atoms with E-state index in [0.29, 0.717) is 19.0 Å². The monoisotopic (exact) mass is 253 g/mol. The molecule has 1 aliphatic rings. The molecule has 18 heavy (non-hydrogen) atoms. The summed E-state index contributed by atoms with van der Waals surface area (Å²) in [4.78, 5) is 14.1. The molecule has 0 saturated carbocycles. The molecule has 1 unspecified atom stereocenters. The number of benzene rings is 1. The normalized spacial score (nSPS) is 20.3. The van der Waals surface area contributed by atoms with Crippen LogP contribution in [0.1, 0.15) is 36.5 Å². The van der Waals surface area contributed by atoms with Crippen molar-refractivity contribution in [3.8, 4) is 0 Å². The molecule has 98 valence electrons. The average molecular weight is 253 g/mol. The van der Waals surface area contributed by atoms with Crippen molar-refractivity contribution in [2.75, 3.05) is 13.1 Å². The number of hydrogen-bond donors (Lipinski definition) is 0. The molecule has 0 amide bonds. The zero-order valence-corrected chi connectivity index (χ0v) is 10.5. The molecule has 2 rings (SSSR count). The number of carbonyl (C=O) groups excluding carboxylic acids is 1. The fourth-order valence-electron chi connectivity index (χ4n) is 2.43. The molecule has 2 nitrogen and oxygen atoms in total. The van der Waals surface area contributed by atoms with Gasteiger partial charge in [-0.2, -0.15) is 0 Å². The summed E-state index contributed by atoms with van der Waals surface area (Å²) in [6.07, 6.45) is 2.62. The van der Waals surface area contributed by atoms with Gasteiger partial charge >= 0.3 is 0 Å². The van der Waals surface area contributed by atoms with E-state index in [1.165, 1.54) is 0 Å². The van der Waals surface area contributed by atoms with Gasteiger partial charge in [0.15, 0.2) is 5.78 Å². The van der Waals surface area contributed by atoms with Crippen LogP contribution in [0.2, 0.25) is 0 Å². The molecule has 0 spiro atoms. The van der Waals surface area contributed by atoms with Crippen LogP contribution in [0, 0.1) is 11.6 Å². The Morgan fingerprint density at radius 3 is 2.56 bits per heavy atom.